The number of aromatic nitrogens is 1. The van der Waals surface area contributed by atoms with Crippen LogP contribution in [0.25, 0.3) is 10.2 Å². The molecule has 0 saturated heterocycles. The van der Waals surface area contributed by atoms with Gasteiger partial charge in [-0.05, 0) is 25.0 Å². The molecule has 120 valence electrons. The van der Waals surface area contributed by atoms with Gasteiger partial charge in [0.05, 0.1) is 20.8 Å². The number of halogens is 1. The smallest absolute Gasteiger partial charge is 0.240 e. The number of amides is 1. The highest BCUT2D eigenvalue weighted by Gasteiger charge is 2.34. The van der Waals surface area contributed by atoms with Gasteiger partial charge in [-0.1, -0.05) is 31.4 Å². The summed E-state index contributed by atoms with van der Waals surface area (Å²) in [6.07, 6.45) is 5.68. The lowest BCUT2D eigenvalue weighted by atomic mass is 9.82. The molecule has 1 aliphatic carbocycles. The lowest BCUT2D eigenvalue weighted by Crippen LogP contribution is -2.55. The number of fused-ring (bicyclic) bond motifs is 1. The molecule has 2 aromatic rings. The van der Waals surface area contributed by atoms with E-state index in [1.165, 1.54) is 11.1 Å². The van der Waals surface area contributed by atoms with Crippen LogP contribution in [0.15, 0.2) is 24.3 Å². The van der Waals surface area contributed by atoms with E-state index in [2.05, 4.69) is 16.4 Å². The molecule has 1 heterocycles. The first kappa shape index (κ1) is 17.2. The highest BCUT2D eigenvalue weighted by atomic mass is 35.5. The molecule has 1 amide bonds. The molecule has 0 radical (unpaired) electrons. The van der Waals surface area contributed by atoms with Crippen molar-refractivity contribution in [2.24, 2.45) is 5.73 Å². The largest absolute Gasteiger partial charge is 0.354 e. The molecule has 1 aliphatic rings. The van der Waals surface area contributed by atoms with Crippen molar-refractivity contribution in [2.75, 3.05) is 6.54 Å². The summed E-state index contributed by atoms with van der Waals surface area (Å²) in [5.74, 6) is 0.00307. The van der Waals surface area contributed by atoms with Gasteiger partial charge in [-0.15, -0.1) is 23.7 Å². The zero-order valence-corrected chi connectivity index (χ0v) is 14.1. The maximum absolute atomic E-state index is 12.2. The van der Waals surface area contributed by atoms with Crippen LogP contribution in [0, 0.1) is 0 Å². The van der Waals surface area contributed by atoms with E-state index < -0.39 is 5.54 Å². The summed E-state index contributed by atoms with van der Waals surface area (Å²) >= 11 is 1.69. The number of thiazole rings is 1. The fourth-order valence-corrected chi connectivity index (χ4v) is 3.86. The third kappa shape index (κ3) is 3.77. The van der Waals surface area contributed by atoms with Gasteiger partial charge in [0.2, 0.25) is 5.91 Å². The number of benzene rings is 1. The molecular formula is C16H22ClN3OS. The first-order valence-electron chi connectivity index (χ1n) is 7.59. The number of hydrogen-bond donors (Lipinski definition) is 2. The van der Waals surface area contributed by atoms with Crippen molar-refractivity contribution in [3.05, 3.63) is 29.3 Å². The zero-order chi connectivity index (χ0) is 14.7. The Morgan fingerprint density at radius 1 is 1.27 bits per heavy atom. The maximum atomic E-state index is 12.2. The molecule has 0 aliphatic heterocycles. The van der Waals surface area contributed by atoms with Crippen LogP contribution in [-0.2, 0) is 11.2 Å². The third-order valence-electron chi connectivity index (χ3n) is 4.16. The quantitative estimate of drug-likeness (QED) is 0.899. The highest BCUT2D eigenvalue weighted by molar-refractivity contribution is 7.18. The van der Waals surface area contributed by atoms with Crippen LogP contribution in [0.3, 0.4) is 0 Å². The van der Waals surface area contributed by atoms with Crippen LogP contribution in [-0.4, -0.2) is 23.0 Å². The number of nitrogens with two attached hydrogens (primary N) is 1. The SMILES string of the molecule is Cl.NC1(C(=O)NCCc2nc3ccccc3s2)CCCCC1. The van der Waals surface area contributed by atoms with Gasteiger partial charge in [-0.2, -0.15) is 0 Å². The first-order valence-corrected chi connectivity index (χ1v) is 8.41. The molecule has 1 aromatic carbocycles. The summed E-state index contributed by atoms with van der Waals surface area (Å²) in [5.41, 5.74) is 6.61. The Morgan fingerprint density at radius 3 is 2.73 bits per heavy atom. The Hall–Kier alpha value is -1.17. The van der Waals surface area contributed by atoms with Gasteiger partial charge >= 0.3 is 0 Å². The number of carbonyl (C=O) groups is 1. The van der Waals surface area contributed by atoms with Crippen molar-refractivity contribution in [1.29, 1.82) is 0 Å². The molecule has 6 heteroatoms. The molecule has 0 atom stereocenters. The van der Waals surface area contributed by atoms with Crippen LogP contribution >= 0.6 is 23.7 Å². The van der Waals surface area contributed by atoms with Gasteiger partial charge in [0.25, 0.3) is 0 Å². The number of para-hydroxylation sites is 1. The van der Waals surface area contributed by atoms with Crippen LogP contribution < -0.4 is 11.1 Å². The number of rotatable bonds is 4. The summed E-state index contributed by atoms with van der Waals surface area (Å²) < 4.78 is 1.20. The average molecular weight is 340 g/mol. The van der Waals surface area contributed by atoms with Crippen molar-refractivity contribution < 1.29 is 4.79 Å². The summed E-state index contributed by atoms with van der Waals surface area (Å²) in [4.78, 5) is 16.8. The highest BCUT2D eigenvalue weighted by Crippen LogP contribution is 2.26. The Kier molecular flexibility index (Phi) is 5.78. The van der Waals surface area contributed by atoms with E-state index in [-0.39, 0.29) is 18.3 Å². The van der Waals surface area contributed by atoms with E-state index in [0.29, 0.717) is 6.54 Å². The Balaban J connectivity index is 0.00000176. The molecule has 0 unspecified atom stereocenters. The van der Waals surface area contributed by atoms with Gasteiger partial charge in [-0.3, -0.25) is 4.79 Å². The molecule has 3 rings (SSSR count). The standard InChI is InChI=1S/C16H21N3OS.ClH/c17-16(9-4-1-5-10-16)15(20)18-11-8-14-19-12-6-2-3-7-13(12)21-14;/h2-3,6-7H,1,4-5,8-11,17H2,(H,18,20);1H. The molecule has 1 fully saturated rings. The topological polar surface area (TPSA) is 68.0 Å². The van der Waals surface area contributed by atoms with Crippen LogP contribution in [0.5, 0.6) is 0 Å². The second-order valence-corrected chi connectivity index (χ2v) is 6.91. The number of hydrogen-bond acceptors (Lipinski definition) is 4. The third-order valence-corrected chi connectivity index (χ3v) is 5.26. The second-order valence-electron chi connectivity index (χ2n) is 5.80. The lowest BCUT2D eigenvalue weighted by Gasteiger charge is -2.31. The monoisotopic (exact) mass is 339 g/mol. The van der Waals surface area contributed by atoms with Gasteiger partial charge in [0.1, 0.15) is 0 Å². The molecule has 22 heavy (non-hydrogen) atoms. The van der Waals surface area contributed by atoms with Crippen LogP contribution in [0.2, 0.25) is 0 Å². The molecular weight excluding hydrogens is 318 g/mol. The Labute approximate surface area is 140 Å². The molecule has 1 aromatic heterocycles. The molecule has 1 saturated carbocycles. The predicted molar refractivity (Wildman–Crippen MR) is 93.6 cm³/mol. The van der Waals surface area contributed by atoms with Gasteiger partial charge < -0.3 is 11.1 Å². The minimum absolute atomic E-state index is 0. The fourth-order valence-electron chi connectivity index (χ4n) is 2.90. The molecule has 4 nitrogen and oxygen atoms in total. The molecule has 0 spiro atoms. The predicted octanol–water partition coefficient (Wildman–Crippen LogP) is 3.04. The Bertz CT molecular complexity index is 604. The van der Waals surface area contributed by atoms with E-state index in [4.69, 9.17) is 5.73 Å². The lowest BCUT2D eigenvalue weighted by molar-refractivity contribution is -0.127. The van der Waals surface area contributed by atoms with Gasteiger partial charge in [-0.25, -0.2) is 4.98 Å². The van der Waals surface area contributed by atoms with E-state index in [0.717, 1.165) is 42.6 Å². The van der Waals surface area contributed by atoms with E-state index in [1.807, 2.05) is 18.2 Å². The maximum Gasteiger partial charge on any atom is 0.240 e. The summed E-state index contributed by atoms with van der Waals surface area (Å²) in [7, 11) is 0. The minimum atomic E-state index is -0.647. The zero-order valence-electron chi connectivity index (χ0n) is 12.5. The van der Waals surface area contributed by atoms with Crippen molar-refractivity contribution in [2.45, 2.75) is 44.1 Å². The first-order chi connectivity index (χ1) is 10.2. The number of nitrogens with zero attached hydrogens (tertiary/aromatic N) is 1. The van der Waals surface area contributed by atoms with Gasteiger partial charge in [0.15, 0.2) is 0 Å². The molecule has 0 bridgehead atoms. The van der Waals surface area contributed by atoms with Gasteiger partial charge in [0, 0.05) is 13.0 Å². The van der Waals surface area contributed by atoms with Crippen molar-refractivity contribution in [3.63, 3.8) is 0 Å². The normalized spacial score (nSPS) is 17.0. The van der Waals surface area contributed by atoms with Crippen LogP contribution in [0.4, 0.5) is 0 Å². The van der Waals surface area contributed by atoms with E-state index >= 15 is 0 Å². The fraction of sp³-hybridized carbons (Fsp3) is 0.500. The molecule has 3 N–H and O–H groups in total. The minimum Gasteiger partial charge on any atom is -0.354 e. The average Bonchev–Trinajstić information content (AvgIpc) is 2.90. The summed E-state index contributed by atoms with van der Waals surface area (Å²) in [6, 6.07) is 8.11. The van der Waals surface area contributed by atoms with E-state index in [9.17, 15) is 4.79 Å². The summed E-state index contributed by atoms with van der Waals surface area (Å²) in [5, 5.41) is 4.05. The van der Waals surface area contributed by atoms with Crippen LogP contribution in [0.1, 0.15) is 37.1 Å². The Morgan fingerprint density at radius 2 is 2.00 bits per heavy atom. The number of carbonyl (C=O) groups excluding carboxylic acids is 1. The van der Waals surface area contributed by atoms with Crippen molar-refractivity contribution in [1.82, 2.24) is 10.3 Å². The number of nitrogens with one attached hydrogen (secondary N) is 1. The second kappa shape index (κ2) is 7.40. The van der Waals surface area contributed by atoms with Crippen molar-refractivity contribution >= 4 is 39.9 Å². The van der Waals surface area contributed by atoms with Crippen molar-refractivity contribution in [3.8, 4) is 0 Å². The van der Waals surface area contributed by atoms with E-state index in [1.54, 1.807) is 11.3 Å². The summed E-state index contributed by atoms with van der Waals surface area (Å²) in [6.45, 7) is 0.609.